The second-order valence-corrected chi connectivity index (χ2v) is 5.50. The first-order valence-electron chi connectivity index (χ1n) is 7.38. The third-order valence-electron chi connectivity index (χ3n) is 3.76. The van der Waals surface area contributed by atoms with Gasteiger partial charge in [-0.15, -0.1) is 6.58 Å². The largest absolute Gasteiger partial charge is 0.497 e. The summed E-state index contributed by atoms with van der Waals surface area (Å²) in [5, 5.41) is 0. The average molecular weight is 329 g/mol. The number of rotatable bonds is 7. The van der Waals surface area contributed by atoms with Gasteiger partial charge in [0.1, 0.15) is 5.75 Å². The molecule has 0 bridgehead atoms. The van der Waals surface area contributed by atoms with Crippen LogP contribution in [0.1, 0.15) is 33.1 Å². The molecule has 1 aromatic carbocycles. The van der Waals surface area contributed by atoms with Crippen molar-refractivity contribution < 1.29 is 22.7 Å². The molecule has 0 heterocycles. The van der Waals surface area contributed by atoms with Crippen LogP contribution >= 0.6 is 0 Å². The van der Waals surface area contributed by atoms with Gasteiger partial charge >= 0.3 is 12.1 Å². The van der Waals surface area contributed by atoms with Gasteiger partial charge in [0.2, 0.25) is 0 Å². The number of unbranched alkanes of at least 4 members (excludes halogenated alkanes) is 1. The van der Waals surface area contributed by atoms with Crippen molar-refractivity contribution >= 4 is 11.6 Å². The summed E-state index contributed by atoms with van der Waals surface area (Å²) in [4.78, 5) is 12.8. The van der Waals surface area contributed by atoms with E-state index >= 15 is 0 Å². The molecule has 0 saturated carbocycles. The number of amides is 1. The Kier molecular flexibility index (Phi) is 6.24. The highest BCUT2D eigenvalue weighted by Gasteiger charge is 2.48. The van der Waals surface area contributed by atoms with Crippen molar-refractivity contribution in [2.24, 2.45) is 0 Å². The zero-order chi connectivity index (χ0) is 17.7. The zero-order valence-electron chi connectivity index (χ0n) is 13.6. The summed E-state index contributed by atoms with van der Waals surface area (Å²) in [6.07, 6.45) is -1.69. The van der Waals surface area contributed by atoms with Crippen LogP contribution in [0, 0.1) is 0 Å². The lowest BCUT2D eigenvalue weighted by atomic mass is 9.91. The molecule has 1 aromatic rings. The maximum Gasteiger partial charge on any atom is 0.471 e. The first-order chi connectivity index (χ1) is 10.7. The third-order valence-corrected chi connectivity index (χ3v) is 3.76. The minimum atomic E-state index is -4.96. The highest BCUT2D eigenvalue weighted by Crippen LogP contribution is 2.34. The summed E-state index contributed by atoms with van der Waals surface area (Å²) in [7, 11) is 1.46. The summed E-state index contributed by atoms with van der Waals surface area (Å²) < 4.78 is 44.2. The molecule has 0 saturated heterocycles. The summed E-state index contributed by atoms with van der Waals surface area (Å²) in [5.41, 5.74) is -0.969. The topological polar surface area (TPSA) is 29.5 Å². The number of anilines is 1. The van der Waals surface area contributed by atoms with Crippen molar-refractivity contribution in [3.05, 3.63) is 36.9 Å². The van der Waals surface area contributed by atoms with E-state index in [0.717, 1.165) is 11.3 Å². The molecule has 1 amide bonds. The number of nitrogens with zero attached hydrogens (tertiary/aromatic N) is 1. The Labute approximate surface area is 134 Å². The van der Waals surface area contributed by atoms with Crippen molar-refractivity contribution in [3.8, 4) is 5.75 Å². The summed E-state index contributed by atoms with van der Waals surface area (Å²) in [6, 6.07) is 5.93. The summed E-state index contributed by atoms with van der Waals surface area (Å²) >= 11 is 0. The Balaban J connectivity index is 3.35. The number of benzene rings is 1. The van der Waals surface area contributed by atoms with Crippen LogP contribution in [0.2, 0.25) is 0 Å². The first kappa shape index (κ1) is 19.1. The lowest BCUT2D eigenvalue weighted by Gasteiger charge is -2.39. The van der Waals surface area contributed by atoms with Crippen LogP contribution in [-0.4, -0.2) is 24.7 Å². The van der Waals surface area contributed by atoms with E-state index in [1.54, 1.807) is 6.92 Å². The molecular weight excluding hydrogens is 307 g/mol. The van der Waals surface area contributed by atoms with Crippen LogP contribution in [0.4, 0.5) is 18.9 Å². The second kappa shape index (κ2) is 7.53. The van der Waals surface area contributed by atoms with Crippen molar-refractivity contribution in [1.82, 2.24) is 0 Å². The van der Waals surface area contributed by atoms with E-state index in [9.17, 15) is 18.0 Å². The Morgan fingerprint density at radius 2 is 1.87 bits per heavy atom. The average Bonchev–Trinajstić information content (AvgIpc) is 2.52. The molecule has 6 heteroatoms. The molecule has 0 N–H and O–H groups in total. The molecule has 3 nitrogen and oxygen atoms in total. The fourth-order valence-electron chi connectivity index (χ4n) is 2.34. The Morgan fingerprint density at radius 1 is 1.30 bits per heavy atom. The van der Waals surface area contributed by atoms with Crippen molar-refractivity contribution in [1.29, 1.82) is 0 Å². The molecule has 0 radical (unpaired) electrons. The number of alkyl halides is 3. The first-order valence-corrected chi connectivity index (χ1v) is 7.38. The van der Waals surface area contributed by atoms with Crippen LogP contribution < -0.4 is 9.64 Å². The van der Waals surface area contributed by atoms with E-state index in [4.69, 9.17) is 4.74 Å². The normalized spacial score (nSPS) is 14.0. The minimum absolute atomic E-state index is 0.159. The second-order valence-electron chi connectivity index (χ2n) is 5.50. The molecule has 0 aliphatic rings. The number of ether oxygens (including phenoxy) is 1. The highest BCUT2D eigenvalue weighted by molar-refractivity contribution is 5.99. The Morgan fingerprint density at radius 3 is 2.26 bits per heavy atom. The molecule has 0 unspecified atom stereocenters. The van der Waals surface area contributed by atoms with E-state index < -0.39 is 17.6 Å². The molecular formula is C17H22F3NO2. The number of carbonyl (C=O) groups is 1. The summed E-state index contributed by atoms with van der Waals surface area (Å²) in [6.45, 7) is 7.17. The van der Waals surface area contributed by atoms with Gasteiger partial charge in [0, 0.05) is 5.69 Å². The number of halogens is 3. The Bertz CT molecular complexity index is 540. The predicted molar refractivity (Wildman–Crippen MR) is 84.7 cm³/mol. The lowest BCUT2D eigenvalue weighted by molar-refractivity contribution is -0.171. The van der Waals surface area contributed by atoms with Crippen molar-refractivity contribution in [2.45, 2.75) is 44.8 Å². The van der Waals surface area contributed by atoms with Gasteiger partial charge in [-0.05, 0) is 37.6 Å². The van der Waals surface area contributed by atoms with Gasteiger partial charge in [-0.25, -0.2) is 0 Å². The molecule has 128 valence electrons. The van der Waals surface area contributed by atoms with E-state index in [1.807, 2.05) is 6.92 Å². The van der Waals surface area contributed by atoms with E-state index in [0.29, 0.717) is 18.6 Å². The molecule has 0 spiro atoms. The van der Waals surface area contributed by atoms with Gasteiger partial charge < -0.3 is 4.74 Å². The van der Waals surface area contributed by atoms with E-state index in [2.05, 4.69) is 6.58 Å². The monoisotopic (exact) mass is 329 g/mol. The fourth-order valence-corrected chi connectivity index (χ4v) is 2.34. The minimum Gasteiger partial charge on any atom is -0.497 e. The molecule has 0 fully saturated rings. The van der Waals surface area contributed by atoms with Gasteiger partial charge in [0.15, 0.2) is 0 Å². The quantitative estimate of drug-likeness (QED) is 0.677. The molecule has 23 heavy (non-hydrogen) atoms. The van der Waals surface area contributed by atoms with Gasteiger partial charge in [-0.3, -0.25) is 9.69 Å². The number of carbonyl (C=O) groups excluding carboxylic acids is 1. The highest BCUT2D eigenvalue weighted by atomic mass is 19.4. The third kappa shape index (κ3) is 4.50. The zero-order valence-corrected chi connectivity index (χ0v) is 13.6. The van der Waals surface area contributed by atoms with Gasteiger partial charge in [0.05, 0.1) is 12.6 Å². The maximum atomic E-state index is 13.1. The van der Waals surface area contributed by atoms with Gasteiger partial charge in [0.25, 0.3) is 0 Å². The molecule has 0 aliphatic carbocycles. The smallest absolute Gasteiger partial charge is 0.471 e. The maximum absolute atomic E-state index is 13.1. The fraction of sp³-hybridized carbons (Fsp3) is 0.471. The van der Waals surface area contributed by atoms with Crippen LogP contribution in [0.5, 0.6) is 5.75 Å². The number of hydrogen-bond donors (Lipinski definition) is 0. The summed E-state index contributed by atoms with van der Waals surface area (Å²) in [5.74, 6) is -1.40. The van der Waals surface area contributed by atoms with Crippen LogP contribution in [-0.2, 0) is 4.79 Å². The lowest BCUT2D eigenvalue weighted by Crippen LogP contribution is -2.53. The molecule has 1 atom stereocenters. The van der Waals surface area contributed by atoms with Crippen LogP contribution in [0.3, 0.4) is 0 Å². The molecule has 1 rings (SSSR count). The predicted octanol–water partition coefficient (Wildman–Crippen LogP) is 4.73. The number of methoxy groups -OCH3 is 1. The van der Waals surface area contributed by atoms with Crippen molar-refractivity contribution in [3.63, 3.8) is 0 Å². The van der Waals surface area contributed by atoms with E-state index in [1.165, 1.54) is 37.5 Å². The number of hydrogen-bond acceptors (Lipinski definition) is 2. The Hall–Kier alpha value is -1.98. The van der Waals surface area contributed by atoms with Crippen LogP contribution in [0.15, 0.2) is 36.9 Å². The SMILES string of the molecule is C=C[C@](C)(CCCC)N(C(=O)C(F)(F)F)c1ccc(OC)cc1. The van der Waals surface area contributed by atoms with Gasteiger partial charge in [-0.2, -0.15) is 13.2 Å². The van der Waals surface area contributed by atoms with E-state index in [-0.39, 0.29) is 5.69 Å². The van der Waals surface area contributed by atoms with Gasteiger partial charge in [-0.1, -0.05) is 25.8 Å². The molecule has 0 aliphatic heterocycles. The molecule has 0 aromatic heterocycles. The van der Waals surface area contributed by atoms with Crippen LogP contribution in [0.25, 0.3) is 0 Å². The standard InChI is InChI=1S/C17H22F3NO2/c1-5-7-12-16(3,6-2)21(15(22)17(18,19)20)13-8-10-14(23-4)11-9-13/h6,8-11H,2,5,7,12H2,1,3-4H3/t16-/m1/s1. The van der Waals surface area contributed by atoms with Crippen molar-refractivity contribution in [2.75, 3.05) is 12.0 Å².